The van der Waals surface area contributed by atoms with E-state index in [-0.39, 0.29) is 5.69 Å². The van der Waals surface area contributed by atoms with Crippen molar-refractivity contribution in [2.45, 2.75) is 0 Å². The van der Waals surface area contributed by atoms with Gasteiger partial charge in [0.15, 0.2) is 0 Å². The molecule has 5 heteroatoms. The van der Waals surface area contributed by atoms with E-state index in [0.717, 1.165) is 11.3 Å². The first kappa shape index (κ1) is 11.2. The molecule has 3 nitrogen and oxygen atoms in total. The van der Waals surface area contributed by atoms with E-state index in [1.165, 1.54) is 0 Å². The zero-order valence-corrected chi connectivity index (χ0v) is 9.96. The predicted molar refractivity (Wildman–Crippen MR) is 63.8 cm³/mol. The number of benzene rings is 1. The summed E-state index contributed by atoms with van der Waals surface area (Å²) in [6.45, 7) is 0. The fourth-order valence-corrected chi connectivity index (χ4v) is 1.67. The average Bonchev–Trinajstić information content (AvgIpc) is 2.62. The van der Waals surface area contributed by atoms with Crippen LogP contribution in [0.5, 0.6) is 0 Å². The van der Waals surface area contributed by atoms with Crippen molar-refractivity contribution in [3.05, 3.63) is 41.0 Å². The largest absolute Gasteiger partial charge is 0.274 e. The topological polar surface area (TPSA) is 34.9 Å². The summed E-state index contributed by atoms with van der Waals surface area (Å²) < 4.78 is 1.61. The van der Waals surface area contributed by atoms with Crippen LogP contribution in [0.1, 0.15) is 10.5 Å². The molecule has 0 aliphatic rings. The second-order valence-electron chi connectivity index (χ2n) is 3.32. The Bertz CT molecular complexity index is 531. The molecule has 0 bridgehead atoms. The summed E-state index contributed by atoms with van der Waals surface area (Å²) in [4.78, 5) is 11.0. The Balaban J connectivity index is 2.47. The molecule has 2 aromatic rings. The van der Waals surface area contributed by atoms with E-state index >= 15 is 0 Å². The molecule has 0 radical (unpaired) electrons. The lowest BCUT2D eigenvalue weighted by atomic mass is 10.1. The van der Waals surface area contributed by atoms with Gasteiger partial charge in [-0.15, -0.1) is 0 Å². The smallest absolute Gasteiger partial charge is 0.272 e. The number of hydrogen-bond donors (Lipinski definition) is 0. The van der Waals surface area contributed by atoms with Crippen molar-refractivity contribution in [2.75, 3.05) is 0 Å². The van der Waals surface area contributed by atoms with E-state index in [1.807, 2.05) is 12.1 Å². The van der Waals surface area contributed by atoms with E-state index in [9.17, 15) is 4.79 Å². The second kappa shape index (κ2) is 4.28. The lowest BCUT2D eigenvalue weighted by Gasteiger charge is -2.00. The van der Waals surface area contributed by atoms with Gasteiger partial charge in [0.25, 0.3) is 5.24 Å². The van der Waals surface area contributed by atoms with E-state index < -0.39 is 5.24 Å². The van der Waals surface area contributed by atoms with Gasteiger partial charge in [0, 0.05) is 12.1 Å². The van der Waals surface area contributed by atoms with Gasteiger partial charge in [-0.25, -0.2) is 0 Å². The number of nitrogens with zero attached hydrogens (tertiary/aromatic N) is 2. The third-order valence-electron chi connectivity index (χ3n) is 2.22. The molecule has 1 aromatic heterocycles. The first-order valence-electron chi connectivity index (χ1n) is 4.58. The molecule has 0 aliphatic heterocycles. The highest BCUT2D eigenvalue weighted by Gasteiger charge is 2.11. The first-order valence-corrected chi connectivity index (χ1v) is 5.33. The monoisotopic (exact) mass is 254 g/mol. The van der Waals surface area contributed by atoms with Crippen LogP contribution >= 0.6 is 23.2 Å². The molecule has 2 rings (SSSR count). The van der Waals surface area contributed by atoms with Gasteiger partial charge in [-0.3, -0.25) is 9.48 Å². The Morgan fingerprint density at radius 2 is 1.94 bits per heavy atom. The van der Waals surface area contributed by atoms with E-state index in [1.54, 1.807) is 29.9 Å². The van der Waals surface area contributed by atoms with Gasteiger partial charge < -0.3 is 0 Å². The lowest BCUT2D eigenvalue weighted by molar-refractivity contribution is 0.107. The molecule has 0 amide bonds. The van der Waals surface area contributed by atoms with Crippen molar-refractivity contribution in [3.8, 4) is 11.3 Å². The summed E-state index contributed by atoms with van der Waals surface area (Å²) in [6, 6.07) is 8.94. The maximum Gasteiger partial charge on any atom is 0.272 e. The number of aromatic nitrogens is 2. The van der Waals surface area contributed by atoms with Crippen LogP contribution in [0.15, 0.2) is 30.3 Å². The average molecular weight is 255 g/mol. The summed E-state index contributed by atoms with van der Waals surface area (Å²) in [7, 11) is 1.76. The van der Waals surface area contributed by atoms with Gasteiger partial charge in [0.1, 0.15) is 5.69 Å². The van der Waals surface area contributed by atoms with Gasteiger partial charge in [-0.2, -0.15) is 5.10 Å². The number of carbonyl (C=O) groups is 1. The van der Waals surface area contributed by atoms with Crippen LogP contribution < -0.4 is 0 Å². The number of hydrogen-bond acceptors (Lipinski definition) is 2. The second-order valence-corrected chi connectivity index (χ2v) is 4.10. The minimum Gasteiger partial charge on any atom is -0.274 e. The van der Waals surface area contributed by atoms with E-state index in [2.05, 4.69) is 5.10 Å². The molecule has 0 spiro atoms. The molecule has 0 saturated heterocycles. The highest BCUT2D eigenvalue weighted by molar-refractivity contribution is 6.67. The standard InChI is InChI=1S/C11H8Cl2N2O/c1-15-10(6-9(14-15)11(13)16)7-2-4-8(12)5-3-7/h2-6H,1H3. The Labute approximate surface area is 103 Å². The van der Waals surface area contributed by atoms with Crippen molar-refractivity contribution in [3.63, 3.8) is 0 Å². The number of carbonyl (C=O) groups excluding carboxylic acids is 1. The molecule has 0 aliphatic carbocycles. The lowest BCUT2D eigenvalue weighted by Crippen LogP contribution is -1.95. The SMILES string of the molecule is Cn1nc(C(=O)Cl)cc1-c1ccc(Cl)cc1. The Hall–Kier alpha value is -1.32. The number of halogens is 2. The van der Waals surface area contributed by atoms with Gasteiger partial charge >= 0.3 is 0 Å². The molecule has 82 valence electrons. The fourth-order valence-electron chi connectivity index (χ4n) is 1.45. The molecule has 0 unspecified atom stereocenters. The van der Waals surface area contributed by atoms with Crippen LogP contribution in [-0.2, 0) is 7.05 Å². The van der Waals surface area contributed by atoms with Gasteiger partial charge in [-0.1, -0.05) is 23.7 Å². The van der Waals surface area contributed by atoms with Gasteiger partial charge in [-0.05, 0) is 35.4 Å². The molecule has 1 heterocycles. The molecular weight excluding hydrogens is 247 g/mol. The summed E-state index contributed by atoms with van der Waals surface area (Å²) in [5.41, 5.74) is 2.00. The first-order chi connectivity index (χ1) is 7.58. The van der Waals surface area contributed by atoms with E-state index in [4.69, 9.17) is 23.2 Å². The number of rotatable bonds is 2. The number of aryl methyl sites for hydroxylation is 1. The zero-order valence-electron chi connectivity index (χ0n) is 8.45. The van der Waals surface area contributed by atoms with Crippen molar-refractivity contribution in [2.24, 2.45) is 7.05 Å². The van der Waals surface area contributed by atoms with Crippen molar-refractivity contribution >= 4 is 28.4 Å². The Morgan fingerprint density at radius 1 is 1.31 bits per heavy atom. The van der Waals surface area contributed by atoms with Crippen LogP contribution in [0.4, 0.5) is 0 Å². The van der Waals surface area contributed by atoms with Crippen LogP contribution in [0.3, 0.4) is 0 Å². The minimum atomic E-state index is -0.559. The van der Waals surface area contributed by atoms with Crippen molar-refractivity contribution in [1.82, 2.24) is 9.78 Å². The highest BCUT2D eigenvalue weighted by atomic mass is 35.5. The van der Waals surface area contributed by atoms with Crippen LogP contribution in [0.25, 0.3) is 11.3 Å². The molecule has 0 saturated carbocycles. The summed E-state index contributed by atoms with van der Waals surface area (Å²) >= 11 is 11.2. The summed E-state index contributed by atoms with van der Waals surface area (Å²) in [6.07, 6.45) is 0. The summed E-state index contributed by atoms with van der Waals surface area (Å²) in [5.74, 6) is 0. The van der Waals surface area contributed by atoms with Gasteiger partial charge in [0.05, 0.1) is 5.69 Å². The Kier molecular flexibility index (Phi) is 2.99. The molecule has 1 aromatic carbocycles. The minimum absolute atomic E-state index is 0.245. The van der Waals surface area contributed by atoms with Crippen LogP contribution in [0, 0.1) is 0 Å². The summed E-state index contributed by atoms with van der Waals surface area (Å²) in [5, 5.41) is 4.12. The zero-order chi connectivity index (χ0) is 11.7. The normalized spacial score (nSPS) is 10.4. The highest BCUT2D eigenvalue weighted by Crippen LogP contribution is 2.22. The predicted octanol–water partition coefficient (Wildman–Crippen LogP) is 3.12. The molecular formula is C11H8Cl2N2O. The quantitative estimate of drug-likeness (QED) is 0.773. The van der Waals surface area contributed by atoms with Crippen molar-refractivity contribution in [1.29, 1.82) is 0 Å². The van der Waals surface area contributed by atoms with Crippen LogP contribution in [0.2, 0.25) is 5.02 Å². The molecule has 0 fully saturated rings. The maximum atomic E-state index is 11.0. The van der Waals surface area contributed by atoms with Gasteiger partial charge in [0.2, 0.25) is 0 Å². The molecule has 0 atom stereocenters. The molecule has 16 heavy (non-hydrogen) atoms. The third-order valence-corrected chi connectivity index (χ3v) is 2.67. The fraction of sp³-hybridized carbons (Fsp3) is 0.0909. The van der Waals surface area contributed by atoms with Crippen LogP contribution in [-0.4, -0.2) is 15.0 Å². The molecule has 0 N–H and O–H groups in total. The third kappa shape index (κ3) is 2.10. The Morgan fingerprint density at radius 3 is 2.44 bits per heavy atom. The van der Waals surface area contributed by atoms with E-state index in [0.29, 0.717) is 5.02 Å². The maximum absolute atomic E-state index is 11.0. The van der Waals surface area contributed by atoms with Crippen molar-refractivity contribution < 1.29 is 4.79 Å².